The van der Waals surface area contributed by atoms with Gasteiger partial charge in [-0.05, 0) is 43.7 Å². The van der Waals surface area contributed by atoms with Gasteiger partial charge in [-0.15, -0.1) is 10.2 Å². The van der Waals surface area contributed by atoms with Gasteiger partial charge in [-0.3, -0.25) is 4.40 Å². The van der Waals surface area contributed by atoms with Crippen molar-refractivity contribution in [2.45, 2.75) is 44.6 Å². The molecule has 18 heavy (non-hydrogen) atoms. The molecular formula is C14H20N4. The summed E-state index contributed by atoms with van der Waals surface area (Å²) < 4.78 is 2.03. The van der Waals surface area contributed by atoms with E-state index in [2.05, 4.69) is 17.1 Å². The second-order valence-corrected chi connectivity index (χ2v) is 5.46. The van der Waals surface area contributed by atoms with Gasteiger partial charge in [0.15, 0.2) is 11.5 Å². The summed E-state index contributed by atoms with van der Waals surface area (Å²) in [5, 5.41) is 8.54. The number of hydrogen-bond donors (Lipinski definition) is 1. The van der Waals surface area contributed by atoms with Crippen LogP contribution in [0.4, 0.5) is 0 Å². The summed E-state index contributed by atoms with van der Waals surface area (Å²) in [5.74, 6) is 1.76. The van der Waals surface area contributed by atoms with Crippen molar-refractivity contribution in [1.29, 1.82) is 0 Å². The standard InChI is InChI=1S/C14H20N4/c1-2-11-6-8-14(15,9-7-11)13-17-16-12-5-3-4-10-18(12)13/h3-5,10-11H,2,6-9,15H2,1H3. The topological polar surface area (TPSA) is 56.2 Å². The Hall–Kier alpha value is -1.42. The van der Waals surface area contributed by atoms with Crippen molar-refractivity contribution in [3.05, 3.63) is 30.2 Å². The van der Waals surface area contributed by atoms with Gasteiger partial charge >= 0.3 is 0 Å². The Morgan fingerprint density at radius 2 is 2.11 bits per heavy atom. The van der Waals surface area contributed by atoms with Gasteiger partial charge in [0.25, 0.3) is 0 Å². The molecule has 2 aromatic rings. The molecule has 2 aromatic heterocycles. The molecule has 0 amide bonds. The zero-order valence-electron chi connectivity index (χ0n) is 10.8. The van der Waals surface area contributed by atoms with Crippen LogP contribution < -0.4 is 5.73 Å². The van der Waals surface area contributed by atoms with Crippen LogP contribution >= 0.6 is 0 Å². The molecule has 1 aliphatic carbocycles. The van der Waals surface area contributed by atoms with Crippen molar-refractivity contribution in [1.82, 2.24) is 14.6 Å². The van der Waals surface area contributed by atoms with Crippen LogP contribution in [0.1, 0.15) is 44.9 Å². The maximum absolute atomic E-state index is 6.58. The first-order valence-corrected chi connectivity index (χ1v) is 6.82. The van der Waals surface area contributed by atoms with Crippen LogP contribution in [0, 0.1) is 5.92 Å². The molecule has 0 bridgehead atoms. The fourth-order valence-electron chi connectivity index (χ4n) is 3.01. The van der Waals surface area contributed by atoms with E-state index in [1.54, 1.807) is 0 Å². The molecule has 0 spiro atoms. The summed E-state index contributed by atoms with van der Waals surface area (Å²) in [4.78, 5) is 0. The Labute approximate surface area is 107 Å². The molecule has 2 N–H and O–H groups in total. The second kappa shape index (κ2) is 4.35. The first kappa shape index (κ1) is 11.7. The van der Waals surface area contributed by atoms with Gasteiger partial charge in [0.1, 0.15) is 0 Å². The van der Waals surface area contributed by atoms with E-state index < -0.39 is 0 Å². The van der Waals surface area contributed by atoms with E-state index in [0.717, 1.165) is 30.2 Å². The molecule has 3 rings (SSSR count). The van der Waals surface area contributed by atoms with E-state index in [1.165, 1.54) is 19.3 Å². The van der Waals surface area contributed by atoms with Crippen LogP contribution in [0.2, 0.25) is 0 Å². The van der Waals surface area contributed by atoms with E-state index in [-0.39, 0.29) is 5.54 Å². The Morgan fingerprint density at radius 3 is 2.83 bits per heavy atom. The SMILES string of the molecule is CCC1CCC(N)(c2nnc3ccccn23)CC1. The van der Waals surface area contributed by atoms with Gasteiger partial charge < -0.3 is 5.73 Å². The molecule has 1 fully saturated rings. The fourth-order valence-corrected chi connectivity index (χ4v) is 3.01. The highest BCUT2D eigenvalue weighted by Gasteiger charge is 2.36. The van der Waals surface area contributed by atoms with Gasteiger partial charge in [0.05, 0.1) is 5.54 Å². The lowest BCUT2D eigenvalue weighted by atomic mass is 9.76. The van der Waals surface area contributed by atoms with Crippen LogP contribution in [0.5, 0.6) is 0 Å². The lowest BCUT2D eigenvalue weighted by Gasteiger charge is -2.35. The number of pyridine rings is 1. The Balaban J connectivity index is 1.94. The molecule has 1 saturated carbocycles. The van der Waals surface area contributed by atoms with Crippen molar-refractivity contribution in [2.24, 2.45) is 11.7 Å². The van der Waals surface area contributed by atoms with Gasteiger partial charge in [-0.25, -0.2) is 0 Å². The largest absolute Gasteiger partial charge is 0.319 e. The summed E-state index contributed by atoms with van der Waals surface area (Å²) in [5.41, 5.74) is 7.17. The highest BCUT2D eigenvalue weighted by molar-refractivity contribution is 5.38. The summed E-state index contributed by atoms with van der Waals surface area (Å²) in [6, 6.07) is 5.95. The third kappa shape index (κ3) is 1.81. The molecular weight excluding hydrogens is 224 g/mol. The predicted octanol–water partition coefficient (Wildman–Crippen LogP) is 2.48. The van der Waals surface area contributed by atoms with Gasteiger partial charge in [-0.2, -0.15) is 0 Å². The molecule has 4 nitrogen and oxygen atoms in total. The molecule has 0 saturated heterocycles. The fraction of sp³-hybridized carbons (Fsp3) is 0.571. The predicted molar refractivity (Wildman–Crippen MR) is 71.1 cm³/mol. The van der Waals surface area contributed by atoms with E-state index in [9.17, 15) is 0 Å². The molecule has 4 heteroatoms. The van der Waals surface area contributed by atoms with Gasteiger partial charge in [-0.1, -0.05) is 19.4 Å². The summed E-state index contributed by atoms with van der Waals surface area (Å²) in [6.07, 6.45) is 7.70. The third-order valence-electron chi connectivity index (χ3n) is 4.33. The summed E-state index contributed by atoms with van der Waals surface area (Å²) in [7, 11) is 0. The average Bonchev–Trinajstić information content (AvgIpc) is 2.84. The number of rotatable bonds is 2. The molecule has 0 aliphatic heterocycles. The van der Waals surface area contributed by atoms with Crippen molar-refractivity contribution in [2.75, 3.05) is 0 Å². The minimum Gasteiger partial charge on any atom is -0.319 e. The molecule has 2 heterocycles. The normalized spacial score (nSPS) is 28.7. The number of aromatic nitrogens is 3. The lowest BCUT2D eigenvalue weighted by molar-refractivity contribution is 0.220. The number of hydrogen-bond acceptors (Lipinski definition) is 3. The minimum absolute atomic E-state index is 0.299. The van der Waals surface area contributed by atoms with E-state index in [1.807, 2.05) is 28.8 Å². The van der Waals surface area contributed by atoms with Crippen LogP contribution in [-0.4, -0.2) is 14.6 Å². The first-order chi connectivity index (χ1) is 8.73. The highest BCUT2D eigenvalue weighted by atomic mass is 15.3. The van der Waals surface area contributed by atoms with Crippen molar-refractivity contribution in [3.63, 3.8) is 0 Å². The monoisotopic (exact) mass is 244 g/mol. The van der Waals surface area contributed by atoms with E-state index >= 15 is 0 Å². The number of nitrogens with zero attached hydrogens (tertiary/aromatic N) is 3. The molecule has 0 aromatic carbocycles. The van der Waals surface area contributed by atoms with Gasteiger partial charge in [0.2, 0.25) is 0 Å². The van der Waals surface area contributed by atoms with Crippen molar-refractivity contribution < 1.29 is 0 Å². The first-order valence-electron chi connectivity index (χ1n) is 6.82. The molecule has 0 unspecified atom stereocenters. The smallest absolute Gasteiger partial charge is 0.160 e. The van der Waals surface area contributed by atoms with E-state index in [4.69, 9.17) is 5.73 Å². The van der Waals surface area contributed by atoms with Crippen molar-refractivity contribution in [3.8, 4) is 0 Å². The number of nitrogens with two attached hydrogens (primary N) is 1. The zero-order valence-corrected chi connectivity index (χ0v) is 10.8. The highest BCUT2D eigenvalue weighted by Crippen LogP contribution is 2.37. The van der Waals surface area contributed by atoms with Crippen LogP contribution in [0.3, 0.4) is 0 Å². The molecule has 96 valence electrons. The van der Waals surface area contributed by atoms with Crippen LogP contribution in [0.25, 0.3) is 5.65 Å². The average molecular weight is 244 g/mol. The van der Waals surface area contributed by atoms with Crippen LogP contribution in [0.15, 0.2) is 24.4 Å². The van der Waals surface area contributed by atoms with Gasteiger partial charge in [0, 0.05) is 6.20 Å². The quantitative estimate of drug-likeness (QED) is 0.883. The third-order valence-corrected chi connectivity index (χ3v) is 4.33. The lowest BCUT2D eigenvalue weighted by Crippen LogP contribution is -2.42. The molecule has 0 atom stereocenters. The second-order valence-electron chi connectivity index (χ2n) is 5.46. The Bertz CT molecular complexity index is 537. The Kier molecular flexibility index (Phi) is 2.82. The van der Waals surface area contributed by atoms with E-state index in [0.29, 0.717) is 0 Å². The van der Waals surface area contributed by atoms with Crippen LogP contribution in [-0.2, 0) is 5.54 Å². The maximum atomic E-state index is 6.58. The Morgan fingerprint density at radius 1 is 1.33 bits per heavy atom. The summed E-state index contributed by atoms with van der Waals surface area (Å²) in [6.45, 7) is 2.26. The maximum Gasteiger partial charge on any atom is 0.160 e. The van der Waals surface area contributed by atoms with Crippen molar-refractivity contribution >= 4 is 5.65 Å². The molecule has 0 radical (unpaired) electrons. The summed E-state index contributed by atoms with van der Waals surface area (Å²) >= 11 is 0. The minimum atomic E-state index is -0.299. The molecule has 1 aliphatic rings. The zero-order chi connectivity index (χ0) is 12.6. The number of fused-ring (bicyclic) bond motifs is 1.